The van der Waals surface area contributed by atoms with Gasteiger partial charge < -0.3 is 10.1 Å². The van der Waals surface area contributed by atoms with Crippen LogP contribution in [0.2, 0.25) is 0 Å². The van der Waals surface area contributed by atoms with Crippen LogP contribution in [0, 0.1) is 0 Å². The first-order valence-corrected chi connectivity index (χ1v) is 9.34. The molecule has 0 atom stereocenters. The number of amides is 1. The highest BCUT2D eigenvalue weighted by Crippen LogP contribution is 2.28. The largest absolute Gasteiger partial charge is 0.483 e. The van der Waals surface area contributed by atoms with E-state index in [4.69, 9.17) is 4.74 Å². The van der Waals surface area contributed by atoms with E-state index in [1.54, 1.807) is 11.8 Å². The maximum Gasteiger partial charge on any atom is 0.262 e. The summed E-state index contributed by atoms with van der Waals surface area (Å²) in [6.07, 6.45) is 0.964. The molecule has 122 valence electrons. The molecular formula is C18H20BrNO2S. The number of benzene rings is 2. The topological polar surface area (TPSA) is 38.3 Å². The number of anilines is 1. The summed E-state index contributed by atoms with van der Waals surface area (Å²) in [7, 11) is 0. The van der Waals surface area contributed by atoms with Gasteiger partial charge in [-0.3, -0.25) is 4.79 Å². The fraction of sp³-hybridized carbons (Fsp3) is 0.278. The standard InChI is InChI=1S/C18H20BrNO2S/c1-3-13-9-10-16(14(19)11-13)22-12-18(21)20-15-7-5-6-8-17(15)23-4-2/h5-11H,3-4,12H2,1-2H3,(H,20,21). The van der Waals surface area contributed by atoms with E-state index in [9.17, 15) is 4.79 Å². The smallest absolute Gasteiger partial charge is 0.262 e. The molecule has 1 N–H and O–H groups in total. The first-order valence-electron chi connectivity index (χ1n) is 7.57. The van der Waals surface area contributed by atoms with Crippen molar-refractivity contribution in [2.45, 2.75) is 25.2 Å². The number of ether oxygens (including phenoxy) is 1. The van der Waals surface area contributed by atoms with Crippen molar-refractivity contribution in [1.82, 2.24) is 0 Å². The van der Waals surface area contributed by atoms with E-state index in [1.807, 2.05) is 42.5 Å². The minimum absolute atomic E-state index is 0.0187. The Labute approximate surface area is 149 Å². The van der Waals surface area contributed by atoms with Crippen LogP contribution in [-0.2, 0) is 11.2 Å². The van der Waals surface area contributed by atoms with Gasteiger partial charge in [-0.15, -0.1) is 11.8 Å². The van der Waals surface area contributed by atoms with Gasteiger partial charge in [0.15, 0.2) is 6.61 Å². The quantitative estimate of drug-likeness (QED) is 0.661. The van der Waals surface area contributed by atoms with Crippen LogP contribution in [0.4, 0.5) is 5.69 Å². The first-order chi connectivity index (χ1) is 11.1. The van der Waals surface area contributed by atoms with Crippen LogP contribution in [0.3, 0.4) is 0 Å². The van der Waals surface area contributed by atoms with Crippen LogP contribution >= 0.6 is 27.7 Å². The van der Waals surface area contributed by atoms with Crippen molar-refractivity contribution in [2.75, 3.05) is 17.7 Å². The van der Waals surface area contributed by atoms with Gasteiger partial charge in [-0.2, -0.15) is 0 Å². The van der Waals surface area contributed by atoms with Gasteiger partial charge in [-0.05, 0) is 57.9 Å². The molecule has 0 fully saturated rings. The predicted octanol–water partition coefficient (Wildman–Crippen LogP) is 5.14. The van der Waals surface area contributed by atoms with Gasteiger partial charge in [0.2, 0.25) is 0 Å². The minimum atomic E-state index is -0.166. The molecule has 0 bridgehead atoms. The molecule has 0 saturated carbocycles. The zero-order valence-electron chi connectivity index (χ0n) is 13.3. The molecule has 2 aromatic rings. The molecule has 23 heavy (non-hydrogen) atoms. The number of aryl methyl sites for hydroxylation is 1. The molecule has 0 radical (unpaired) electrons. The molecule has 0 spiro atoms. The van der Waals surface area contributed by atoms with E-state index in [2.05, 4.69) is 35.1 Å². The highest BCUT2D eigenvalue weighted by Gasteiger charge is 2.09. The fourth-order valence-electron chi connectivity index (χ4n) is 2.06. The number of hydrogen-bond acceptors (Lipinski definition) is 3. The monoisotopic (exact) mass is 393 g/mol. The van der Waals surface area contributed by atoms with Gasteiger partial charge >= 0.3 is 0 Å². The Morgan fingerprint density at radius 3 is 2.70 bits per heavy atom. The van der Waals surface area contributed by atoms with Crippen molar-refractivity contribution >= 4 is 39.3 Å². The summed E-state index contributed by atoms with van der Waals surface area (Å²) >= 11 is 5.18. The number of para-hydroxylation sites is 1. The Bertz CT molecular complexity index is 676. The van der Waals surface area contributed by atoms with Crippen LogP contribution in [0.1, 0.15) is 19.4 Å². The number of halogens is 1. The van der Waals surface area contributed by atoms with Crippen LogP contribution in [0.15, 0.2) is 51.8 Å². The Kier molecular flexibility index (Phi) is 6.99. The summed E-state index contributed by atoms with van der Waals surface area (Å²) in [4.78, 5) is 13.2. The second kappa shape index (κ2) is 8.99. The average molecular weight is 394 g/mol. The Balaban J connectivity index is 1.95. The number of hydrogen-bond donors (Lipinski definition) is 1. The van der Waals surface area contributed by atoms with Crippen molar-refractivity contribution in [1.29, 1.82) is 0 Å². The minimum Gasteiger partial charge on any atom is -0.483 e. The fourth-order valence-corrected chi connectivity index (χ4v) is 3.36. The van der Waals surface area contributed by atoms with Gasteiger partial charge in [0, 0.05) is 4.90 Å². The van der Waals surface area contributed by atoms with Gasteiger partial charge in [-0.1, -0.05) is 32.0 Å². The molecule has 0 heterocycles. The van der Waals surface area contributed by atoms with E-state index in [0.717, 1.165) is 27.2 Å². The van der Waals surface area contributed by atoms with Crippen LogP contribution in [-0.4, -0.2) is 18.3 Å². The van der Waals surface area contributed by atoms with Crippen molar-refractivity contribution in [2.24, 2.45) is 0 Å². The number of thioether (sulfide) groups is 1. The van der Waals surface area contributed by atoms with Gasteiger partial charge in [-0.25, -0.2) is 0 Å². The predicted molar refractivity (Wildman–Crippen MR) is 100 cm³/mol. The summed E-state index contributed by atoms with van der Waals surface area (Å²) in [6, 6.07) is 13.7. The molecular weight excluding hydrogens is 374 g/mol. The van der Waals surface area contributed by atoms with Crippen molar-refractivity contribution in [3.05, 3.63) is 52.5 Å². The Hall–Kier alpha value is -1.46. The molecule has 0 aromatic heterocycles. The second-order valence-electron chi connectivity index (χ2n) is 4.88. The SMILES string of the molecule is CCSc1ccccc1NC(=O)COc1ccc(CC)cc1Br. The lowest BCUT2D eigenvalue weighted by atomic mass is 10.2. The summed E-state index contributed by atoms with van der Waals surface area (Å²) in [6.45, 7) is 4.17. The summed E-state index contributed by atoms with van der Waals surface area (Å²) in [5, 5.41) is 2.91. The zero-order chi connectivity index (χ0) is 16.7. The van der Waals surface area contributed by atoms with Crippen molar-refractivity contribution in [3.8, 4) is 5.75 Å². The molecule has 2 rings (SSSR count). The summed E-state index contributed by atoms with van der Waals surface area (Å²) < 4.78 is 6.47. The number of nitrogens with one attached hydrogen (secondary N) is 1. The number of rotatable bonds is 7. The van der Waals surface area contributed by atoms with E-state index in [0.29, 0.717) is 5.75 Å². The molecule has 0 aliphatic carbocycles. The molecule has 0 saturated heterocycles. The highest BCUT2D eigenvalue weighted by molar-refractivity contribution is 9.10. The third kappa shape index (κ3) is 5.29. The van der Waals surface area contributed by atoms with Gasteiger partial charge in [0.05, 0.1) is 10.2 Å². The zero-order valence-corrected chi connectivity index (χ0v) is 15.7. The molecule has 1 amide bonds. The molecule has 3 nitrogen and oxygen atoms in total. The molecule has 0 aliphatic heterocycles. The molecule has 2 aromatic carbocycles. The number of carbonyl (C=O) groups excluding carboxylic acids is 1. The lowest BCUT2D eigenvalue weighted by Gasteiger charge is -2.12. The molecule has 0 aliphatic rings. The lowest BCUT2D eigenvalue weighted by molar-refractivity contribution is -0.118. The maximum atomic E-state index is 12.1. The van der Waals surface area contributed by atoms with Crippen molar-refractivity contribution < 1.29 is 9.53 Å². The average Bonchev–Trinajstić information content (AvgIpc) is 2.55. The lowest BCUT2D eigenvalue weighted by Crippen LogP contribution is -2.20. The third-order valence-electron chi connectivity index (χ3n) is 3.22. The normalized spacial score (nSPS) is 10.4. The van der Waals surface area contributed by atoms with E-state index >= 15 is 0 Å². The summed E-state index contributed by atoms with van der Waals surface area (Å²) in [5.74, 6) is 1.47. The van der Waals surface area contributed by atoms with Crippen LogP contribution < -0.4 is 10.1 Å². The second-order valence-corrected chi connectivity index (χ2v) is 7.04. The van der Waals surface area contributed by atoms with E-state index in [1.165, 1.54) is 5.56 Å². The maximum absolute atomic E-state index is 12.1. The highest BCUT2D eigenvalue weighted by atomic mass is 79.9. The Morgan fingerprint density at radius 2 is 2.00 bits per heavy atom. The van der Waals surface area contributed by atoms with Crippen LogP contribution in [0.5, 0.6) is 5.75 Å². The molecule has 5 heteroatoms. The third-order valence-corrected chi connectivity index (χ3v) is 4.80. The first kappa shape index (κ1) is 17.9. The van der Waals surface area contributed by atoms with E-state index < -0.39 is 0 Å². The van der Waals surface area contributed by atoms with Crippen LogP contribution in [0.25, 0.3) is 0 Å². The van der Waals surface area contributed by atoms with Gasteiger partial charge in [0.25, 0.3) is 5.91 Å². The Morgan fingerprint density at radius 1 is 1.22 bits per heavy atom. The molecule has 0 unspecified atom stereocenters. The summed E-state index contributed by atoms with van der Waals surface area (Å²) in [5.41, 5.74) is 2.05. The number of carbonyl (C=O) groups is 1. The van der Waals surface area contributed by atoms with E-state index in [-0.39, 0.29) is 12.5 Å². The van der Waals surface area contributed by atoms with Crippen molar-refractivity contribution in [3.63, 3.8) is 0 Å². The van der Waals surface area contributed by atoms with Gasteiger partial charge in [0.1, 0.15) is 5.75 Å².